The van der Waals surface area contributed by atoms with Crippen LogP contribution in [0, 0.1) is 0 Å². The summed E-state index contributed by atoms with van der Waals surface area (Å²) in [6, 6.07) is 0.744. The number of hydrogen-bond acceptors (Lipinski definition) is 3. The van der Waals surface area contributed by atoms with Crippen molar-refractivity contribution in [2.75, 3.05) is 13.1 Å². The molecule has 1 aliphatic carbocycles. The van der Waals surface area contributed by atoms with Crippen molar-refractivity contribution in [3.05, 3.63) is 18.0 Å². The van der Waals surface area contributed by atoms with Crippen LogP contribution in [0.25, 0.3) is 0 Å². The van der Waals surface area contributed by atoms with E-state index in [2.05, 4.69) is 23.1 Å². The van der Waals surface area contributed by atoms with Gasteiger partial charge in [0.15, 0.2) is 0 Å². The Kier molecular flexibility index (Phi) is 6.54. The summed E-state index contributed by atoms with van der Waals surface area (Å²) in [7, 11) is 0. The topological polar surface area (TPSA) is 47.1 Å². The standard InChI is InChI=1S/C16H30N4/c1-2-20-14-15(12-18-20)13-19(11-7-10-17)16-8-5-3-4-6-9-16/h12,14,16H,2-11,13,17H2,1H3. The Labute approximate surface area is 123 Å². The lowest BCUT2D eigenvalue weighted by atomic mass is 10.1. The summed E-state index contributed by atoms with van der Waals surface area (Å²) in [5.41, 5.74) is 7.05. The number of aryl methyl sites for hydroxylation is 1. The van der Waals surface area contributed by atoms with Gasteiger partial charge in [-0.25, -0.2) is 0 Å². The van der Waals surface area contributed by atoms with Crippen LogP contribution in [0.5, 0.6) is 0 Å². The maximum absolute atomic E-state index is 5.71. The molecule has 0 saturated heterocycles. The molecule has 1 heterocycles. The molecular formula is C16H30N4. The summed E-state index contributed by atoms with van der Waals surface area (Å²) in [5, 5.41) is 4.40. The van der Waals surface area contributed by atoms with Crippen LogP contribution in [0.4, 0.5) is 0 Å². The molecule has 0 amide bonds. The lowest BCUT2D eigenvalue weighted by Crippen LogP contribution is -2.36. The van der Waals surface area contributed by atoms with Gasteiger partial charge < -0.3 is 5.73 Å². The Morgan fingerprint density at radius 2 is 2.05 bits per heavy atom. The van der Waals surface area contributed by atoms with Crippen molar-refractivity contribution < 1.29 is 0 Å². The molecule has 2 N–H and O–H groups in total. The minimum atomic E-state index is 0.744. The molecule has 0 bridgehead atoms. The molecule has 0 radical (unpaired) electrons. The van der Waals surface area contributed by atoms with E-state index in [0.29, 0.717) is 0 Å². The van der Waals surface area contributed by atoms with Crippen molar-refractivity contribution in [1.82, 2.24) is 14.7 Å². The van der Waals surface area contributed by atoms with Gasteiger partial charge in [-0.2, -0.15) is 5.10 Å². The van der Waals surface area contributed by atoms with Crippen LogP contribution < -0.4 is 5.73 Å². The average Bonchev–Trinajstić information content (AvgIpc) is 2.75. The number of hydrogen-bond donors (Lipinski definition) is 1. The van der Waals surface area contributed by atoms with Crippen LogP contribution in [-0.2, 0) is 13.1 Å². The second-order valence-electron chi connectivity index (χ2n) is 5.96. The predicted octanol–water partition coefficient (Wildman–Crippen LogP) is 2.78. The molecule has 1 fully saturated rings. The molecule has 1 saturated carbocycles. The summed E-state index contributed by atoms with van der Waals surface area (Å²) in [6.07, 6.45) is 13.6. The lowest BCUT2D eigenvalue weighted by molar-refractivity contribution is 0.169. The van der Waals surface area contributed by atoms with Gasteiger partial charge in [0.1, 0.15) is 0 Å². The molecule has 1 aromatic heterocycles. The lowest BCUT2D eigenvalue weighted by Gasteiger charge is -2.30. The van der Waals surface area contributed by atoms with Gasteiger partial charge in [-0.1, -0.05) is 25.7 Å². The van der Waals surface area contributed by atoms with E-state index in [-0.39, 0.29) is 0 Å². The zero-order valence-corrected chi connectivity index (χ0v) is 12.9. The van der Waals surface area contributed by atoms with Gasteiger partial charge in [0.2, 0.25) is 0 Å². The van der Waals surface area contributed by atoms with E-state index in [1.807, 2.05) is 10.9 Å². The Morgan fingerprint density at radius 1 is 1.30 bits per heavy atom. The van der Waals surface area contributed by atoms with E-state index in [9.17, 15) is 0 Å². The number of rotatable bonds is 7. The maximum Gasteiger partial charge on any atom is 0.0534 e. The molecule has 4 heteroatoms. The summed E-state index contributed by atoms with van der Waals surface area (Å²) in [4.78, 5) is 2.65. The molecule has 0 unspecified atom stereocenters. The Morgan fingerprint density at radius 3 is 2.65 bits per heavy atom. The second kappa shape index (κ2) is 8.42. The highest BCUT2D eigenvalue weighted by Gasteiger charge is 2.20. The van der Waals surface area contributed by atoms with Crippen LogP contribution in [0.1, 0.15) is 57.4 Å². The Hall–Kier alpha value is -0.870. The molecule has 0 spiro atoms. The van der Waals surface area contributed by atoms with Gasteiger partial charge in [-0.05, 0) is 39.3 Å². The zero-order chi connectivity index (χ0) is 14.2. The fraction of sp³-hybridized carbons (Fsp3) is 0.812. The van der Waals surface area contributed by atoms with Crippen LogP contribution in [0.2, 0.25) is 0 Å². The van der Waals surface area contributed by atoms with Crippen molar-refractivity contribution in [2.24, 2.45) is 5.73 Å². The molecule has 2 rings (SSSR count). The quantitative estimate of drug-likeness (QED) is 0.780. The van der Waals surface area contributed by atoms with Gasteiger partial charge in [-0.3, -0.25) is 9.58 Å². The van der Waals surface area contributed by atoms with Gasteiger partial charge in [0.25, 0.3) is 0 Å². The minimum Gasteiger partial charge on any atom is -0.330 e. The number of nitrogens with zero attached hydrogens (tertiary/aromatic N) is 3. The van der Waals surface area contributed by atoms with E-state index >= 15 is 0 Å². The first-order valence-electron chi connectivity index (χ1n) is 8.29. The summed E-state index contributed by atoms with van der Waals surface area (Å²) in [5.74, 6) is 0. The van der Waals surface area contributed by atoms with Crippen LogP contribution in [0.3, 0.4) is 0 Å². The largest absolute Gasteiger partial charge is 0.330 e. The van der Waals surface area contributed by atoms with E-state index in [0.717, 1.165) is 38.6 Å². The molecular weight excluding hydrogens is 248 g/mol. The van der Waals surface area contributed by atoms with Gasteiger partial charge >= 0.3 is 0 Å². The first-order chi connectivity index (χ1) is 9.83. The Balaban J connectivity index is 1.97. The third-order valence-corrected chi connectivity index (χ3v) is 4.39. The molecule has 1 aliphatic rings. The van der Waals surface area contributed by atoms with Crippen LogP contribution in [0.15, 0.2) is 12.4 Å². The summed E-state index contributed by atoms with van der Waals surface area (Å²) < 4.78 is 2.02. The van der Waals surface area contributed by atoms with Gasteiger partial charge in [-0.15, -0.1) is 0 Å². The Bertz CT molecular complexity index is 366. The zero-order valence-electron chi connectivity index (χ0n) is 12.9. The highest BCUT2D eigenvalue weighted by atomic mass is 15.3. The van der Waals surface area contributed by atoms with E-state index in [4.69, 9.17) is 5.73 Å². The highest BCUT2D eigenvalue weighted by Crippen LogP contribution is 2.23. The fourth-order valence-electron chi connectivity index (χ4n) is 3.20. The summed E-state index contributed by atoms with van der Waals surface area (Å²) in [6.45, 7) is 6.03. The first kappa shape index (κ1) is 15.5. The van der Waals surface area contributed by atoms with Crippen molar-refractivity contribution in [3.8, 4) is 0 Å². The fourth-order valence-corrected chi connectivity index (χ4v) is 3.20. The average molecular weight is 278 g/mol. The monoisotopic (exact) mass is 278 g/mol. The molecule has 4 nitrogen and oxygen atoms in total. The van der Waals surface area contributed by atoms with Crippen molar-refractivity contribution in [3.63, 3.8) is 0 Å². The van der Waals surface area contributed by atoms with Crippen LogP contribution in [-0.4, -0.2) is 33.8 Å². The second-order valence-corrected chi connectivity index (χ2v) is 5.96. The van der Waals surface area contributed by atoms with E-state index in [1.54, 1.807) is 0 Å². The predicted molar refractivity (Wildman–Crippen MR) is 83.5 cm³/mol. The molecule has 20 heavy (non-hydrogen) atoms. The maximum atomic E-state index is 5.71. The smallest absolute Gasteiger partial charge is 0.0534 e. The molecule has 114 valence electrons. The highest BCUT2D eigenvalue weighted by molar-refractivity contribution is 5.04. The molecule has 0 aliphatic heterocycles. The number of nitrogens with two attached hydrogens (primary N) is 1. The number of aromatic nitrogens is 2. The van der Waals surface area contributed by atoms with E-state index < -0.39 is 0 Å². The van der Waals surface area contributed by atoms with Gasteiger partial charge in [0, 0.05) is 30.9 Å². The van der Waals surface area contributed by atoms with Gasteiger partial charge in [0.05, 0.1) is 6.20 Å². The molecule has 1 aromatic rings. The van der Waals surface area contributed by atoms with Crippen molar-refractivity contribution in [2.45, 2.75) is 71.0 Å². The summed E-state index contributed by atoms with van der Waals surface area (Å²) >= 11 is 0. The van der Waals surface area contributed by atoms with Crippen molar-refractivity contribution in [1.29, 1.82) is 0 Å². The van der Waals surface area contributed by atoms with Crippen LogP contribution >= 0.6 is 0 Å². The SMILES string of the molecule is CCn1cc(CN(CCCN)C2CCCCCC2)cn1. The first-order valence-corrected chi connectivity index (χ1v) is 8.29. The minimum absolute atomic E-state index is 0.744. The molecule has 0 aromatic carbocycles. The normalized spacial score (nSPS) is 17.6. The molecule has 0 atom stereocenters. The van der Waals surface area contributed by atoms with Crippen molar-refractivity contribution >= 4 is 0 Å². The van der Waals surface area contributed by atoms with E-state index in [1.165, 1.54) is 44.1 Å². The third kappa shape index (κ3) is 4.60. The third-order valence-electron chi connectivity index (χ3n) is 4.39.